The van der Waals surface area contributed by atoms with E-state index in [-0.39, 0.29) is 5.56 Å². The molecule has 0 spiro atoms. The van der Waals surface area contributed by atoms with Gasteiger partial charge >= 0.3 is 5.97 Å². The second-order valence-corrected chi connectivity index (χ2v) is 5.36. The van der Waals surface area contributed by atoms with Crippen molar-refractivity contribution in [1.29, 1.82) is 0 Å². The number of carboxylic acids is 1. The van der Waals surface area contributed by atoms with Gasteiger partial charge in [-0.1, -0.05) is 35.9 Å². The highest BCUT2D eigenvalue weighted by Gasteiger charge is 2.10. The number of carboxylic acid groups (broad SMARTS) is 1. The topological polar surface area (TPSA) is 55.1 Å². The maximum Gasteiger partial charge on any atom is 0.335 e. The predicted octanol–water partition coefficient (Wildman–Crippen LogP) is 4.11. The van der Waals surface area contributed by atoms with Crippen LogP contribution in [0.2, 0.25) is 5.02 Å². The van der Waals surface area contributed by atoms with Gasteiger partial charge in [0.15, 0.2) is 0 Å². The first kappa shape index (κ1) is 14.4. The Balaban J connectivity index is 1.98. The summed E-state index contributed by atoms with van der Waals surface area (Å²) in [6, 6.07) is 16.2. The van der Waals surface area contributed by atoms with Gasteiger partial charge in [0.25, 0.3) is 0 Å². The molecule has 0 amide bonds. The molecule has 0 aliphatic rings. The molecule has 3 rings (SSSR count). The first-order valence-electron chi connectivity index (χ1n) is 6.68. The molecule has 0 saturated carbocycles. The molecule has 0 saturated heterocycles. The molecule has 4 nitrogen and oxygen atoms in total. The molecule has 5 heteroatoms. The van der Waals surface area contributed by atoms with E-state index < -0.39 is 5.97 Å². The maximum absolute atomic E-state index is 10.9. The van der Waals surface area contributed by atoms with Crippen molar-refractivity contribution in [2.24, 2.45) is 7.05 Å². The van der Waals surface area contributed by atoms with Crippen LogP contribution in [0.1, 0.15) is 10.4 Å². The molecule has 0 aliphatic carbocycles. The van der Waals surface area contributed by atoms with Crippen molar-refractivity contribution in [2.75, 3.05) is 0 Å². The zero-order valence-corrected chi connectivity index (χ0v) is 12.6. The van der Waals surface area contributed by atoms with Crippen LogP contribution in [0, 0.1) is 0 Å². The lowest BCUT2D eigenvalue weighted by molar-refractivity contribution is 0.0697. The number of aromatic nitrogens is 2. The van der Waals surface area contributed by atoms with Crippen LogP contribution in [0.5, 0.6) is 0 Å². The summed E-state index contributed by atoms with van der Waals surface area (Å²) >= 11 is 5.91. The highest BCUT2D eigenvalue weighted by atomic mass is 35.5. The molecule has 0 unspecified atom stereocenters. The molecule has 22 heavy (non-hydrogen) atoms. The second-order valence-electron chi connectivity index (χ2n) is 4.93. The van der Waals surface area contributed by atoms with Crippen LogP contribution in [0.15, 0.2) is 54.6 Å². The average molecular weight is 313 g/mol. The fourth-order valence-electron chi connectivity index (χ4n) is 2.28. The minimum absolute atomic E-state index is 0.262. The minimum Gasteiger partial charge on any atom is -0.478 e. The number of aryl methyl sites for hydroxylation is 1. The highest BCUT2D eigenvalue weighted by Crippen LogP contribution is 2.26. The summed E-state index contributed by atoms with van der Waals surface area (Å²) in [6.45, 7) is 0. The Labute approximate surface area is 132 Å². The maximum atomic E-state index is 10.9. The van der Waals surface area contributed by atoms with E-state index >= 15 is 0 Å². The smallest absolute Gasteiger partial charge is 0.335 e. The van der Waals surface area contributed by atoms with Crippen LogP contribution < -0.4 is 0 Å². The van der Waals surface area contributed by atoms with Crippen LogP contribution >= 0.6 is 11.6 Å². The van der Waals surface area contributed by atoms with E-state index in [0.29, 0.717) is 5.02 Å². The number of hydrogen-bond acceptors (Lipinski definition) is 2. The lowest BCUT2D eigenvalue weighted by Crippen LogP contribution is -1.95. The number of hydrogen-bond donors (Lipinski definition) is 1. The Morgan fingerprint density at radius 2 is 1.64 bits per heavy atom. The van der Waals surface area contributed by atoms with Crippen molar-refractivity contribution < 1.29 is 9.90 Å². The van der Waals surface area contributed by atoms with Crippen LogP contribution in [0.3, 0.4) is 0 Å². The number of carbonyl (C=O) groups is 1. The van der Waals surface area contributed by atoms with Gasteiger partial charge in [0.05, 0.1) is 17.0 Å². The monoisotopic (exact) mass is 312 g/mol. The van der Waals surface area contributed by atoms with Gasteiger partial charge in [0.2, 0.25) is 0 Å². The Morgan fingerprint density at radius 3 is 2.23 bits per heavy atom. The third-order valence-electron chi connectivity index (χ3n) is 3.45. The summed E-state index contributed by atoms with van der Waals surface area (Å²) in [6.07, 6.45) is 0. The van der Waals surface area contributed by atoms with E-state index in [9.17, 15) is 4.79 Å². The second kappa shape index (κ2) is 5.66. The van der Waals surface area contributed by atoms with Gasteiger partial charge in [-0.15, -0.1) is 0 Å². The lowest BCUT2D eigenvalue weighted by Gasteiger charge is -2.00. The average Bonchev–Trinajstić information content (AvgIpc) is 2.90. The van der Waals surface area contributed by atoms with E-state index in [4.69, 9.17) is 16.7 Å². The van der Waals surface area contributed by atoms with Crippen molar-refractivity contribution in [3.8, 4) is 22.5 Å². The molecule has 3 aromatic rings. The van der Waals surface area contributed by atoms with Gasteiger partial charge in [0.1, 0.15) is 0 Å². The minimum atomic E-state index is -0.936. The molecule has 0 radical (unpaired) electrons. The molecule has 0 aliphatic heterocycles. The van der Waals surface area contributed by atoms with Crippen molar-refractivity contribution in [2.45, 2.75) is 0 Å². The summed E-state index contributed by atoms with van der Waals surface area (Å²) in [5.74, 6) is -0.936. The van der Waals surface area contributed by atoms with Gasteiger partial charge in [-0.2, -0.15) is 5.10 Å². The van der Waals surface area contributed by atoms with Crippen LogP contribution in [-0.2, 0) is 7.05 Å². The number of rotatable bonds is 3. The van der Waals surface area contributed by atoms with Gasteiger partial charge in [0, 0.05) is 17.6 Å². The first-order valence-corrected chi connectivity index (χ1v) is 7.06. The summed E-state index contributed by atoms with van der Waals surface area (Å²) in [5, 5.41) is 14.1. The summed E-state index contributed by atoms with van der Waals surface area (Å²) < 4.78 is 1.80. The molecule has 1 aromatic heterocycles. The van der Waals surface area contributed by atoms with Crippen molar-refractivity contribution in [3.63, 3.8) is 0 Å². The van der Waals surface area contributed by atoms with Crippen LogP contribution in [-0.4, -0.2) is 20.9 Å². The quantitative estimate of drug-likeness (QED) is 0.792. The SMILES string of the molecule is Cn1nc(-c2ccc(C(=O)O)cc2)cc1-c1ccc(Cl)cc1. The highest BCUT2D eigenvalue weighted by molar-refractivity contribution is 6.30. The first-order chi connectivity index (χ1) is 10.5. The van der Waals surface area contributed by atoms with Gasteiger partial charge in [-0.05, 0) is 35.9 Å². The third-order valence-corrected chi connectivity index (χ3v) is 3.70. The molecular formula is C17H13ClN2O2. The van der Waals surface area contributed by atoms with Gasteiger partial charge in [-0.25, -0.2) is 4.79 Å². The Hall–Kier alpha value is -2.59. The van der Waals surface area contributed by atoms with Crippen molar-refractivity contribution in [1.82, 2.24) is 9.78 Å². The van der Waals surface area contributed by atoms with Gasteiger partial charge < -0.3 is 5.11 Å². The van der Waals surface area contributed by atoms with Crippen LogP contribution in [0.25, 0.3) is 22.5 Å². The van der Waals surface area contributed by atoms with Gasteiger partial charge in [-0.3, -0.25) is 4.68 Å². The standard InChI is InChI=1S/C17H13ClN2O2/c1-20-16(12-6-8-14(18)9-7-12)10-15(19-20)11-2-4-13(5-3-11)17(21)22/h2-10H,1H3,(H,21,22). The molecule has 0 atom stereocenters. The zero-order chi connectivity index (χ0) is 15.7. The normalized spacial score (nSPS) is 10.6. The van der Waals surface area contributed by atoms with Crippen molar-refractivity contribution in [3.05, 3.63) is 65.2 Å². The Bertz CT molecular complexity index is 821. The number of halogens is 1. The lowest BCUT2D eigenvalue weighted by atomic mass is 10.1. The van der Waals surface area contributed by atoms with Crippen molar-refractivity contribution >= 4 is 17.6 Å². The predicted molar refractivity (Wildman–Crippen MR) is 86.0 cm³/mol. The molecule has 110 valence electrons. The van der Waals surface area contributed by atoms with E-state index in [2.05, 4.69) is 5.10 Å². The summed E-state index contributed by atoms with van der Waals surface area (Å²) in [5.41, 5.74) is 3.92. The molecule has 1 N–H and O–H groups in total. The van der Waals surface area contributed by atoms with E-state index in [1.54, 1.807) is 28.9 Å². The van der Waals surface area contributed by atoms with Crippen LogP contribution in [0.4, 0.5) is 0 Å². The third kappa shape index (κ3) is 2.73. The zero-order valence-electron chi connectivity index (χ0n) is 11.8. The Kier molecular flexibility index (Phi) is 3.69. The molecule has 1 heterocycles. The summed E-state index contributed by atoms with van der Waals surface area (Å²) in [7, 11) is 1.87. The molecule has 0 bridgehead atoms. The molecule has 2 aromatic carbocycles. The Morgan fingerprint density at radius 1 is 1.05 bits per heavy atom. The number of nitrogens with zero attached hydrogens (tertiary/aromatic N) is 2. The largest absolute Gasteiger partial charge is 0.478 e. The fraction of sp³-hybridized carbons (Fsp3) is 0.0588. The molecule has 0 fully saturated rings. The fourth-order valence-corrected chi connectivity index (χ4v) is 2.41. The molecular weight excluding hydrogens is 300 g/mol. The van der Waals surface area contributed by atoms with E-state index in [1.165, 1.54) is 0 Å². The van der Waals surface area contributed by atoms with E-state index in [0.717, 1.165) is 22.5 Å². The summed E-state index contributed by atoms with van der Waals surface area (Å²) in [4.78, 5) is 10.9. The van der Waals surface area contributed by atoms with E-state index in [1.807, 2.05) is 37.4 Å². The number of aromatic carboxylic acids is 1. The number of benzene rings is 2.